The van der Waals surface area contributed by atoms with E-state index in [1.54, 1.807) is 6.20 Å². The second-order valence-corrected chi connectivity index (χ2v) is 5.99. The van der Waals surface area contributed by atoms with Crippen molar-refractivity contribution >= 4 is 22.2 Å². The van der Waals surface area contributed by atoms with Gasteiger partial charge in [-0.05, 0) is 26.2 Å². The van der Waals surface area contributed by atoms with Crippen LogP contribution in [0.5, 0.6) is 0 Å². The highest BCUT2D eigenvalue weighted by molar-refractivity contribution is 7.16. The van der Waals surface area contributed by atoms with Gasteiger partial charge >= 0.3 is 0 Å². The first kappa shape index (κ1) is 13.3. The molecule has 0 bridgehead atoms. The monoisotopic (exact) mass is 293 g/mol. The summed E-state index contributed by atoms with van der Waals surface area (Å²) in [5.41, 5.74) is -0.278. The third-order valence-corrected chi connectivity index (χ3v) is 4.14. The quantitative estimate of drug-likeness (QED) is 0.801. The predicted octanol–water partition coefficient (Wildman–Crippen LogP) is 1.62. The Hall–Kier alpha value is -1.73. The maximum absolute atomic E-state index is 12.4. The van der Waals surface area contributed by atoms with Gasteiger partial charge in [0.25, 0.3) is 11.5 Å². The van der Waals surface area contributed by atoms with E-state index in [9.17, 15) is 9.59 Å². The maximum Gasteiger partial charge on any atom is 0.284 e. The van der Waals surface area contributed by atoms with Crippen LogP contribution in [-0.2, 0) is 4.84 Å². The van der Waals surface area contributed by atoms with Crippen LogP contribution in [0.25, 0.3) is 4.96 Å². The summed E-state index contributed by atoms with van der Waals surface area (Å²) in [4.78, 5) is 35.9. The average molecular weight is 293 g/mol. The second-order valence-electron chi connectivity index (χ2n) is 4.77. The molecule has 2 aromatic heterocycles. The van der Waals surface area contributed by atoms with Crippen LogP contribution in [0, 0.1) is 6.92 Å². The van der Waals surface area contributed by atoms with Gasteiger partial charge in [0, 0.05) is 23.8 Å². The van der Waals surface area contributed by atoms with Crippen LogP contribution < -0.4 is 5.56 Å². The maximum atomic E-state index is 12.4. The van der Waals surface area contributed by atoms with Crippen molar-refractivity contribution in [1.82, 2.24) is 14.4 Å². The zero-order valence-corrected chi connectivity index (χ0v) is 12.0. The smallest absolute Gasteiger partial charge is 0.271 e. The second kappa shape index (κ2) is 5.34. The summed E-state index contributed by atoms with van der Waals surface area (Å²) in [6.07, 6.45) is 5.91. The van der Waals surface area contributed by atoms with Crippen LogP contribution in [0.1, 0.15) is 34.5 Å². The average Bonchev–Trinajstić information content (AvgIpc) is 2.64. The van der Waals surface area contributed by atoms with E-state index < -0.39 is 5.91 Å². The van der Waals surface area contributed by atoms with E-state index >= 15 is 0 Å². The third-order valence-electron chi connectivity index (χ3n) is 3.23. The Morgan fingerprint density at radius 1 is 1.40 bits per heavy atom. The van der Waals surface area contributed by atoms with E-state index in [2.05, 4.69) is 4.98 Å². The van der Waals surface area contributed by atoms with Crippen molar-refractivity contribution in [1.29, 1.82) is 0 Å². The topological polar surface area (TPSA) is 63.9 Å². The molecule has 0 aliphatic carbocycles. The van der Waals surface area contributed by atoms with Crippen molar-refractivity contribution in [2.75, 3.05) is 13.2 Å². The number of amides is 1. The van der Waals surface area contributed by atoms with E-state index in [0.717, 1.165) is 24.1 Å². The van der Waals surface area contributed by atoms with Gasteiger partial charge in [-0.25, -0.2) is 10.0 Å². The summed E-state index contributed by atoms with van der Waals surface area (Å²) in [6.45, 7) is 2.93. The number of nitrogens with zero attached hydrogens (tertiary/aromatic N) is 3. The summed E-state index contributed by atoms with van der Waals surface area (Å²) in [6, 6.07) is 0. The number of hydrogen-bond donors (Lipinski definition) is 0. The summed E-state index contributed by atoms with van der Waals surface area (Å²) in [5.74, 6) is -0.400. The molecule has 1 saturated heterocycles. The molecule has 0 N–H and O–H groups in total. The molecule has 0 radical (unpaired) electrons. The zero-order chi connectivity index (χ0) is 14.1. The van der Waals surface area contributed by atoms with Gasteiger partial charge in [0.1, 0.15) is 5.56 Å². The van der Waals surface area contributed by atoms with Crippen LogP contribution in [-0.4, -0.2) is 33.5 Å². The van der Waals surface area contributed by atoms with Gasteiger partial charge < -0.3 is 0 Å². The van der Waals surface area contributed by atoms with Crippen molar-refractivity contribution < 1.29 is 9.63 Å². The highest BCUT2D eigenvalue weighted by Gasteiger charge is 2.22. The molecule has 0 atom stereocenters. The van der Waals surface area contributed by atoms with Crippen molar-refractivity contribution in [2.45, 2.75) is 26.2 Å². The summed E-state index contributed by atoms with van der Waals surface area (Å²) in [7, 11) is 0. The van der Waals surface area contributed by atoms with Gasteiger partial charge in [0.05, 0.1) is 6.61 Å². The van der Waals surface area contributed by atoms with Crippen molar-refractivity contribution in [3.8, 4) is 0 Å². The van der Waals surface area contributed by atoms with E-state index in [0.29, 0.717) is 18.1 Å². The minimum Gasteiger partial charge on any atom is -0.271 e. The molecule has 3 heterocycles. The molecule has 2 aromatic rings. The Morgan fingerprint density at radius 2 is 2.25 bits per heavy atom. The fourth-order valence-electron chi connectivity index (χ4n) is 2.21. The lowest BCUT2D eigenvalue weighted by atomic mass is 10.2. The molecule has 106 valence electrons. The van der Waals surface area contributed by atoms with E-state index in [4.69, 9.17) is 4.84 Å². The predicted molar refractivity (Wildman–Crippen MR) is 74.9 cm³/mol. The molecular formula is C13H15N3O3S. The lowest BCUT2D eigenvalue weighted by Gasteiger charge is -2.18. The molecule has 1 aliphatic heterocycles. The molecule has 20 heavy (non-hydrogen) atoms. The first-order valence-electron chi connectivity index (χ1n) is 6.59. The summed E-state index contributed by atoms with van der Waals surface area (Å²) >= 11 is 1.42. The zero-order valence-electron chi connectivity index (χ0n) is 11.2. The number of hydroxylamine groups is 2. The third kappa shape index (κ3) is 2.34. The molecule has 1 aliphatic rings. The van der Waals surface area contributed by atoms with Crippen molar-refractivity contribution in [2.24, 2.45) is 0 Å². The SMILES string of the molecule is Cc1cn2c(=O)c(C(=O)N3CCCCCO3)cnc2s1. The largest absolute Gasteiger partial charge is 0.284 e. The molecule has 7 heteroatoms. The Morgan fingerprint density at radius 3 is 3.10 bits per heavy atom. The van der Waals surface area contributed by atoms with Crippen molar-refractivity contribution in [3.05, 3.63) is 33.2 Å². The number of fused-ring (bicyclic) bond motifs is 1. The van der Waals surface area contributed by atoms with Crippen LogP contribution >= 0.6 is 11.3 Å². The van der Waals surface area contributed by atoms with Gasteiger partial charge in [-0.2, -0.15) is 0 Å². The standard InChI is InChI=1S/C13H15N3O3S/c1-9-8-15-11(17)10(7-14-13(15)20-9)12(18)16-5-3-2-4-6-19-16/h7-8H,2-6H2,1H3. The molecule has 3 rings (SSSR count). The number of aryl methyl sites for hydroxylation is 1. The lowest BCUT2D eigenvalue weighted by molar-refractivity contribution is -0.115. The summed E-state index contributed by atoms with van der Waals surface area (Å²) in [5, 5.41) is 1.29. The highest BCUT2D eigenvalue weighted by Crippen LogP contribution is 2.14. The van der Waals surface area contributed by atoms with Crippen LogP contribution in [0.4, 0.5) is 0 Å². The first-order chi connectivity index (χ1) is 9.66. The minimum absolute atomic E-state index is 0.0576. The van der Waals surface area contributed by atoms with Crippen LogP contribution in [0.15, 0.2) is 17.2 Å². The van der Waals surface area contributed by atoms with E-state index in [1.807, 2.05) is 6.92 Å². The number of hydrogen-bond acceptors (Lipinski definition) is 5. The summed E-state index contributed by atoms with van der Waals surface area (Å²) < 4.78 is 1.42. The fourth-order valence-corrected chi connectivity index (χ4v) is 3.00. The Bertz CT molecular complexity index is 698. The molecule has 0 spiro atoms. The van der Waals surface area contributed by atoms with E-state index in [-0.39, 0.29) is 11.1 Å². The molecule has 0 unspecified atom stereocenters. The molecule has 1 amide bonds. The number of rotatable bonds is 1. The van der Waals surface area contributed by atoms with Gasteiger partial charge in [0.2, 0.25) is 0 Å². The van der Waals surface area contributed by atoms with Crippen LogP contribution in [0.2, 0.25) is 0 Å². The van der Waals surface area contributed by atoms with Gasteiger partial charge in [-0.1, -0.05) is 0 Å². The Labute approximate surface area is 119 Å². The highest BCUT2D eigenvalue weighted by atomic mass is 32.1. The minimum atomic E-state index is -0.400. The molecule has 0 saturated carbocycles. The van der Waals surface area contributed by atoms with E-state index in [1.165, 1.54) is 27.0 Å². The fraction of sp³-hybridized carbons (Fsp3) is 0.462. The molecular weight excluding hydrogens is 278 g/mol. The Kier molecular flexibility index (Phi) is 3.54. The Balaban J connectivity index is 1.98. The molecule has 6 nitrogen and oxygen atoms in total. The molecule has 0 aromatic carbocycles. The lowest BCUT2D eigenvalue weighted by Crippen LogP contribution is -2.35. The number of aromatic nitrogens is 2. The number of carbonyl (C=O) groups is 1. The van der Waals surface area contributed by atoms with Crippen LogP contribution in [0.3, 0.4) is 0 Å². The normalized spacial score (nSPS) is 16.4. The number of thiazole rings is 1. The van der Waals surface area contributed by atoms with Gasteiger partial charge in [-0.15, -0.1) is 11.3 Å². The van der Waals surface area contributed by atoms with Crippen molar-refractivity contribution in [3.63, 3.8) is 0 Å². The molecule has 1 fully saturated rings. The first-order valence-corrected chi connectivity index (χ1v) is 7.41. The van der Waals surface area contributed by atoms with Gasteiger partial charge in [0.15, 0.2) is 4.96 Å². The number of carbonyl (C=O) groups excluding carboxylic acids is 1. The van der Waals surface area contributed by atoms with Gasteiger partial charge in [-0.3, -0.25) is 18.8 Å².